The molecule has 5 heteroatoms. The predicted octanol–water partition coefficient (Wildman–Crippen LogP) is 3.59. The van der Waals surface area contributed by atoms with Crippen molar-refractivity contribution in [2.75, 3.05) is 0 Å². The number of hydrogen-bond acceptors (Lipinski definition) is 4. The van der Waals surface area contributed by atoms with Crippen molar-refractivity contribution in [3.63, 3.8) is 0 Å². The second-order valence-corrected chi connectivity index (χ2v) is 7.50. The van der Waals surface area contributed by atoms with Gasteiger partial charge in [-0.05, 0) is 43.9 Å². The van der Waals surface area contributed by atoms with E-state index in [-0.39, 0.29) is 11.5 Å². The van der Waals surface area contributed by atoms with Gasteiger partial charge in [0, 0.05) is 19.0 Å². The molecule has 0 bridgehead atoms. The second-order valence-electron chi connectivity index (χ2n) is 7.50. The second kappa shape index (κ2) is 8.75. The Balaban J connectivity index is 1.88. The molecule has 1 heterocycles. The molecule has 0 aromatic carbocycles. The number of ketones is 1. The lowest BCUT2D eigenvalue weighted by Crippen LogP contribution is -2.42. The number of rotatable bonds is 7. The van der Waals surface area contributed by atoms with Crippen LogP contribution in [0.3, 0.4) is 0 Å². The zero-order valence-corrected chi connectivity index (χ0v) is 15.2. The lowest BCUT2D eigenvalue weighted by Gasteiger charge is -2.20. The van der Waals surface area contributed by atoms with Crippen molar-refractivity contribution in [2.45, 2.75) is 70.8 Å². The van der Waals surface area contributed by atoms with Gasteiger partial charge in [-0.25, -0.2) is 0 Å². The van der Waals surface area contributed by atoms with Crippen LogP contribution in [-0.4, -0.2) is 22.2 Å². The van der Waals surface area contributed by atoms with Crippen LogP contribution < -0.4 is 5.32 Å². The molecule has 0 atom stereocenters. The van der Waals surface area contributed by atoms with Gasteiger partial charge in [0.15, 0.2) is 0 Å². The number of nitriles is 1. The molecule has 1 aliphatic rings. The van der Waals surface area contributed by atoms with Crippen LogP contribution in [0.5, 0.6) is 0 Å². The fraction of sp³-hybridized carbons (Fsp3) is 0.600. The maximum Gasteiger partial charge on any atom is 0.271 e. The van der Waals surface area contributed by atoms with Crippen molar-refractivity contribution >= 4 is 11.7 Å². The SMILES string of the molecule is CC(C)(C#N)NC(=O)c1cc(CC(=O)CCC2CCCCC2)ccn1. The number of carbonyl (C=O) groups is 2. The van der Waals surface area contributed by atoms with Crippen LogP contribution in [0.1, 0.15) is 74.8 Å². The van der Waals surface area contributed by atoms with Crippen LogP contribution in [-0.2, 0) is 11.2 Å². The number of pyridine rings is 1. The molecule has 1 fully saturated rings. The number of Topliss-reactive ketones (excluding diaryl/α,β-unsaturated/α-hetero) is 1. The third-order valence-electron chi connectivity index (χ3n) is 4.72. The molecule has 0 radical (unpaired) electrons. The number of aromatic nitrogens is 1. The Morgan fingerprint density at radius 1 is 1.32 bits per heavy atom. The molecule has 1 aliphatic carbocycles. The van der Waals surface area contributed by atoms with E-state index in [0.717, 1.165) is 12.0 Å². The van der Waals surface area contributed by atoms with Crippen molar-refractivity contribution < 1.29 is 9.59 Å². The van der Waals surface area contributed by atoms with Crippen molar-refractivity contribution in [2.24, 2.45) is 5.92 Å². The summed E-state index contributed by atoms with van der Waals surface area (Å²) in [5.74, 6) is 0.508. The first-order valence-electron chi connectivity index (χ1n) is 9.10. The summed E-state index contributed by atoms with van der Waals surface area (Å²) in [6.07, 6.45) is 9.87. The van der Waals surface area contributed by atoms with Crippen molar-refractivity contribution in [1.29, 1.82) is 5.26 Å². The van der Waals surface area contributed by atoms with Crippen LogP contribution in [0, 0.1) is 17.2 Å². The minimum atomic E-state index is -0.954. The van der Waals surface area contributed by atoms with Crippen molar-refractivity contribution in [1.82, 2.24) is 10.3 Å². The zero-order valence-electron chi connectivity index (χ0n) is 15.2. The average molecular weight is 341 g/mol. The fourth-order valence-electron chi connectivity index (χ4n) is 3.24. The van der Waals surface area contributed by atoms with Gasteiger partial charge in [0.25, 0.3) is 5.91 Å². The third kappa shape index (κ3) is 6.30. The van der Waals surface area contributed by atoms with Gasteiger partial charge in [-0.3, -0.25) is 14.6 Å². The highest BCUT2D eigenvalue weighted by molar-refractivity contribution is 5.93. The van der Waals surface area contributed by atoms with E-state index in [1.165, 1.54) is 38.3 Å². The third-order valence-corrected chi connectivity index (χ3v) is 4.72. The Kier molecular flexibility index (Phi) is 6.69. The largest absolute Gasteiger partial charge is 0.333 e. The number of hydrogen-bond donors (Lipinski definition) is 1. The number of carbonyl (C=O) groups excluding carboxylic acids is 2. The molecule has 134 valence electrons. The maximum absolute atomic E-state index is 12.2. The van der Waals surface area contributed by atoms with E-state index >= 15 is 0 Å². The molecule has 5 nitrogen and oxygen atoms in total. The number of amides is 1. The van der Waals surface area contributed by atoms with E-state index in [4.69, 9.17) is 5.26 Å². The molecule has 25 heavy (non-hydrogen) atoms. The van der Waals surface area contributed by atoms with E-state index in [9.17, 15) is 9.59 Å². The van der Waals surface area contributed by atoms with E-state index in [1.54, 1.807) is 26.0 Å². The van der Waals surface area contributed by atoms with Crippen LogP contribution in [0.15, 0.2) is 18.3 Å². The highest BCUT2D eigenvalue weighted by Gasteiger charge is 2.21. The number of nitrogens with one attached hydrogen (secondary N) is 1. The minimum Gasteiger partial charge on any atom is -0.333 e. The highest BCUT2D eigenvalue weighted by Crippen LogP contribution is 2.27. The van der Waals surface area contributed by atoms with Gasteiger partial charge in [-0.2, -0.15) is 5.26 Å². The van der Waals surface area contributed by atoms with E-state index in [0.29, 0.717) is 18.8 Å². The molecule has 0 unspecified atom stereocenters. The molecule has 1 aromatic heterocycles. The monoisotopic (exact) mass is 341 g/mol. The molecule has 1 saturated carbocycles. The van der Waals surface area contributed by atoms with Gasteiger partial charge in [0.2, 0.25) is 0 Å². The van der Waals surface area contributed by atoms with E-state index < -0.39 is 11.4 Å². The van der Waals surface area contributed by atoms with Gasteiger partial charge >= 0.3 is 0 Å². The molecular formula is C20H27N3O2. The molecule has 2 rings (SSSR count). The van der Waals surface area contributed by atoms with E-state index in [1.807, 2.05) is 6.07 Å². The Morgan fingerprint density at radius 3 is 2.72 bits per heavy atom. The van der Waals surface area contributed by atoms with Crippen LogP contribution >= 0.6 is 0 Å². The Bertz CT molecular complexity index is 655. The summed E-state index contributed by atoms with van der Waals surface area (Å²) in [6, 6.07) is 5.43. The summed E-state index contributed by atoms with van der Waals surface area (Å²) in [5.41, 5.74) is 0.0781. The first kappa shape index (κ1) is 19.1. The normalized spacial score (nSPS) is 15.4. The quantitative estimate of drug-likeness (QED) is 0.821. The first-order chi connectivity index (χ1) is 11.9. The molecule has 0 saturated heterocycles. The lowest BCUT2D eigenvalue weighted by atomic mass is 9.85. The van der Waals surface area contributed by atoms with Crippen LogP contribution in [0.4, 0.5) is 0 Å². The van der Waals surface area contributed by atoms with Crippen molar-refractivity contribution in [3.05, 3.63) is 29.6 Å². The summed E-state index contributed by atoms with van der Waals surface area (Å²) in [5, 5.41) is 11.6. The van der Waals surface area contributed by atoms with Gasteiger partial charge in [-0.1, -0.05) is 32.1 Å². The average Bonchev–Trinajstić information content (AvgIpc) is 2.61. The Morgan fingerprint density at radius 2 is 2.04 bits per heavy atom. The maximum atomic E-state index is 12.2. The van der Waals surface area contributed by atoms with Gasteiger partial charge in [0.1, 0.15) is 17.0 Å². The predicted molar refractivity (Wildman–Crippen MR) is 95.9 cm³/mol. The Labute approximate surface area is 149 Å². The molecule has 1 N–H and O–H groups in total. The number of nitrogens with zero attached hydrogens (tertiary/aromatic N) is 2. The first-order valence-corrected chi connectivity index (χ1v) is 9.10. The van der Waals surface area contributed by atoms with Crippen molar-refractivity contribution in [3.8, 4) is 6.07 Å². The Hall–Kier alpha value is -2.22. The standard InChI is InChI=1S/C20H27N3O2/c1-20(2,14-21)23-19(25)18-13-16(10-11-22-18)12-17(24)9-8-15-6-4-3-5-7-15/h10-11,13,15H,3-9,12H2,1-2H3,(H,23,25). The topological polar surface area (TPSA) is 82.9 Å². The fourth-order valence-corrected chi connectivity index (χ4v) is 3.24. The van der Waals surface area contributed by atoms with Gasteiger partial charge in [-0.15, -0.1) is 0 Å². The molecule has 0 aliphatic heterocycles. The molecule has 1 amide bonds. The smallest absolute Gasteiger partial charge is 0.271 e. The van der Waals surface area contributed by atoms with Gasteiger partial charge in [0.05, 0.1) is 6.07 Å². The summed E-state index contributed by atoms with van der Waals surface area (Å²) in [6.45, 7) is 3.26. The summed E-state index contributed by atoms with van der Waals surface area (Å²) in [4.78, 5) is 28.5. The minimum absolute atomic E-state index is 0.209. The van der Waals surface area contributed by atoms with Crippen LogP contribution in [0.2, 0.25) is 0 Å². The van der Waals surface area contributed by atoms with Crippen LogP contribution in [0.25, 0.3) is 0 Å². The summed E-state index contributed by atoms with van der Waals surface area (Å²) >= 11 is 0. The van der Waals surface area contributed by atoms with Gasteiger partial charge < -0.3 is 5.32 Å². The zero-order chi connectivity index (χ0) is 18.3. The molecule has 1 aromatic rings. The highest BCUT2D eigenvalue weighted by atomic mass is 16.2. The van der Waals surface area contributed by atoms with E-state index in [2.05, 4.69) is 10.3 Å². The molecule has 0 spiro atoms. The summed E-state index contributed by atoms with van der Waals surface area (Å²) < 4.78 is 0. The lowest BCUT2D eigenvalue weighted by molar-refractivity contribution is -0.118. The summed E-state index contributed by atoms with van der Waals surface area (Å²) in [7, 11) is 0. The molecular weight excluding hydrogens is 314 g/mol.